The minimum absolute atomic E-state index is 0.0144. The van der Waals surface area contributed by atoms with Gasteiger partial charge in [0.15, 0.2) is 0 Å². The zero-order valence-electron chi connectivity index (χ0n) is 14.2. The van der Waals surface area contributed by atoms with E-state index in [1.807, 2.05) is 48.5 Å². The fourth-order valence-corrected chi connectivity index (χ4v) is 3.21. The van der Waals surface area contributed by atoms with Crippen molar-refractivity contribution in [2.75, 3.05) is 50.1 Å². The summed E-state index contributed by atoms with van der Waals surface area (Å²) in [7, 11) is 1.61. The number of nitrogens with zero attached hydrogens (tertiary/aromatic N) is 2. The third-order valence-electron chi connectivity index (χ3n) is 4.29. The normalized spacial score (nSPS) is 15.0. The predicted molar refractivity (Wildman–Crippen MR) is 102 cm³/mol. The van der Waals surface area contributed by atoms with Crippen molar-refractivity contribution in [1.29, 1.82) is 0 Å². The van der Waals surface area contributed by atoms with E-state index in [1.165, 1.54) is 0 Å². The van der Waals surface area contributed by atoms with Crippen LogP contribution in [0.2, 0.25) is 5.02 Å². The van der Waals surface area contributed by atoms with Crippen molar-refractivity contribution in [3.05, 3.63) is 53.6 Å². The van der Waals surface area contributed by atoms with Crippen LogP contribution in [0.1, 0.15) is 0 Å². The summed E-state index contributed by atoms with van der Waals surface area (Å²) in [5, 5.41) is 3.69. The van der Waals surface area contributed by atoms with Gasteiger partial charge in [0.1, 0.15) is 5.75 Å². The molecule has 0 spiro atoms. The average molecular weight is 360 g/mol. The van der Waals surface area contributed by atoms with Gasteiger partial charge in [0.2, 0.25) is 5.91 Å². The molecule has 1 saturated heterocycles. The van der Waals surface area contributed by atoms with E-state index in [1.54, 1.807) is 7.11 Å². The topological polar surface area (TPSA) is 44.8 Å². The number of ether oxygens (including phenoxy) is 1. The van der Waals surface area contributed by atoms with Gasteiger partial charge in [-0.1, -0.05) is 29.8 Å². The Morgan fingerprint density at radius 3 is 2.60 bits per heavy atom. The van der Waals surface area contributed by atoms with Crippen LogP contribution in [0.3, 0.4) is 0 Å². The molecule has 2 aromatic carbocycles. The smallest absolute Gasteiger partial charge is 0.238 e. The van der Waals surface area contributed by atoms with Crippen LogP contribution in [0.25, 0.3) is 0 Å². The molecule has 25 heavy (non-hydrogen) atoms. The Morgan fingerprint density at radius 1 is 1.12 bits per heavy atom. The number of anilines is 2. The molecule has 0 aliphatic carbocycles. The molecule has 5 nitrogen and oxygen atoms in total. The maximum Gasteiger partial charge on any atom is 0.238 e. The number of piperazine rings is 1. The average Bonchev–Trinajstić information content (AvgIpc) is 2.63. The molecule has 0 unspecified atom stereocenters. The first-order chi connectivity index (χ1) is 12.2. The third kappa shape index (κ3) is 4.65. The number of halogens is 1. The van der Waals surface area contributed by atoms with Crippen LogP contribution in [0.5, 0.6) is 5.75 Å². The van der Waals surface area contributed by atoms with Gasteiger partial charge in [-0.15, -0.1) is 0 Å². The first kappa shape index (κ1) is 17.6. The quantitative estimate of drug-likeness (QED) is 0.891. The van der Waals surface area contributed by atoms with E-state index in [9.17, 15) is 4.79 Å². The van der Waals surface area contributed by atoms with Gasteiger partial charge in [-0.3, -0.25) is 9.69 Å². The van der Waals surface area contributed by atoms with E-state index in [4.69, 9.17) is 16.3 Å². The fraction of sp³-hybridized carbons (Fsp3) is 0.316. The Kier molecular flexibility index (Phi) is 5.79. The second-order valence-electron chi connectivity index (χ2n) is 5.99. The summed E-state index contributed by atoms with van der Waals surface area (Å²) in [6.07, 6.45) is 0. The number of nitrogens with one attached hydrogen (secondary N) is 1. The highest BCUT2D eigenvalue weighted by Gasteiger charge is 2.20. The molecule has 6 heteroatoms. The van der Waals surface area contributed by atoms with Crippen molar-refractivity contribution >= 4 is 28.9 Å². The maximum atomic E-state index is 12.3. The summed E-state index contributed by atoms with van der Waals surface area (Å²) >= 11 is 6.26. The lowest BCUT2D eigenvalue weighted by Crippen LogP contribution is -2.48. The molecule has 1 heterocycles. The van der Waals surface area contributed by atoms with Gasteiger partial charge < -0.3 is 15.0 Å². The number of benzene rings is 2. The molecule has 1 N–H and O–H groups in total. The largest absolute Gasteiger partial charge is 0.497 e. The molecule has 1 amide bonds. The molecule has 1 fully saturated rings. The van der Waals surface area contributed by atoms with E-state index in [-0.39, 0.29) is 5.91 Å². The van der Waals surface area contributed by atoms with Gasteiger partial charge in [-0.2, -0.15) is 0 Å². The molecule has 0 aromatic heterocycles. The molecule has 1 aliphatic heterocycles. The number of hydrogen-bond donors (Lipinski definition) is 1. The van der Waals surface area contributed by atoms with E-state index < -0.39 is 0 Å². The number of para-hydroxylation sites is 1. The van der Waals surface area contributed by atoms with Gasteiger partial charge >= 0.3 is 0 Å². The van der Waals surface area contributed by atoms with Crippen LogP contribution in [-0.4, -0.2) is 50.6 Å². The number of rotatable bonds is 5. The number of carbonyl (C=O) groups excluding carboxylic acids is 1. The van der Waals surface area contributed by atoms with Gasteiger partial charge in [0, 0.05) is 37.9 Å². The first-order valence-corrected chi connectivity index (χ1v) is 8.69. The minimum atomic E-state index is -0.0144. The van der Waals surface area contributed by atoms with E-state index in [0.29, 0.717) is 6.54 Å². The Labute approximate surface area is 153 Å². The highest BCUT2D eigenvalue weighted by atomic mass is 35.5. The summed E-state index contributed by atoms with van der Waals surface area (Å²) in [5.74, 6) is 0.714. The summed E-state index contributed by atoms with van der Waals surface area (Å²) in [6, 6.07) is 15.3. The summed E-state index contributed by atoms with van der Waals surface area (Å²) in [5.41, 5.74) is 1.81. The van der Waals surface area contributed by atoms with Crippen molar-refractivity contribution in [1.82, 2.24) is 4.90 Å². The first-order valence-electron chi connectivity index (χ1n) is 8.31. The van der Waals surface area contributed by atoms with Crippen molar-refractivity contribution in [2.45, 2.75) is 0 Å². The predicted octanol–water partition coefficient (Wildman–Crippen LogP) is 3.11. The Bertz CT molecular complexity index is 730. The number of hydrogen-bond acceptors (Lipinski definition) is 4. The Balaban J connectivity index is 1.50. The molecule has 1 aliphatic rings. The highest BCUT2D eigenvalue weighted by molar-refractivity contribution is 6.33. The monoisotopic (exact) mass is 359 g/mol. The second kappa shape index (κ2) is 8.23. The zero-order valence-corrected chi connectivity index (χ0v) is 15.0. The van der Waals surface area contributed by atoms with Crippen molar-refractivity contribution in [2.24, 2.45) is 0 Å². The van der Waals surface area contributed by atoms with Crippen LogP contribution < -0.4 is 15.0 Å². The van der Waals surface area contributed by atoms with Crippen LogP contribution in [0.15, 0.2) is 48.5 Å². The lowest BCUT2D eigenvalue weighted by Gasteiger charge is -2.36. The molecule has 0 saturated carbocycles. The highest BCUT2D eigenvalue weighted by Crippen LogP contribution is 2.26. The van der Waals surface area contributed by atoms with Gasteiger partial charge in [-0.05, 0) is 24.3 Å². The Hall–Kier alpha value is -2.24. The third-order valence-corrected chi connectivity index (χ3v) is 4.61. The number of carbonyl (C=O) groups is 1. The van der Waals surface area contributed by atoms with Crippen LogP contribution in [-0.2, 0) is 4.79 Å². The van der Waals surface area contributed by atoms with Gasteiger partial charge in [0.25, 0.3) is 0 Å². The molecular formula is C19H22ClN3O2. The summed E-state index contributed by atoms with van der Waals surface area (Å²) in [4.78, 5) is 16.7. The fourth-order valence-electron chi connectivity index (χ4n) is 2.96. The maximum absolute atomic E-state index is 12.3. The molecule has 132 valence electrons. The zero-order chi connectivity index (χ0) is 17.6. The van der Waals surface area contributed by atoms with Crippen LogP contribution in [0.4, 0.5) is 11.4 Å². The van der Waals surface area contributed by atoms with Crippen molar-refractivity contribution in [3.63, 3.8) is 0 Å². The number of amides is 1. The van der Waals surface area contributed by atoms with Crippen molar-refractivity contribution in [3.8, 4) is 5.75 Å². The lowest BCUT2D eigenvalue weighted by atomic mass is 10.2. The minimum Gasteiger partial charge on any atom is -0.497 e. The van der Waals surface area contributed by atoms with Gasteiger partial charge in [-0.25, -0.2) is 0 Å². The van der Waals surface area contributed by atoms with Crippen LogP contribution >= 0.6 is 11.6 Å². The second-order valence-corrected chi connectivity index (χ2v) is 6.40. The van der Waals surface area contributed by atoms with E-state index >= 15 is 0 Å². The summed E-state index contributed by atoms with van der Waals surface area (Å²) < 4.78 is 5.17. The van der Waals surface area contributed by atoms with E-state index in [2.05, 4.69) is 15.1 Å². The Morgan fingerprint density at radius 2 is 1.88 bits per heavy atom. The molecule has 0 bridgehead atoms. The van der Waals surface area contributed by atoms with Crippen molar-refractivity contribution < 1.29 is 9.53 Å². The number of methoxy groups -OCH3 is 1. The van der Waals surface area contributed by atoms with Gasteiger partial charge in [0.05, 0.1) is 24.4 Å². The summed E-state index contributed by atoms with van der Waals surface area (Å²) in [6.45, 7) is 3.76. The lowest BCUT2D eigenvalue weighted by molar-refractivity contribution is -0.117. The van der Waals surface area contributed by atoms with Crippen LogP contribution in [0, 0.1) is 0 Å². The van der Waals surface area contributed by atoms with E-state index in [0.717, 1.165) is 48.3 Å². The molecular weight excluding hydrogens is 338 g/mol. The SMILES string of the molecule is COc1cccc(NC(=O)CN2CCN(c3ccccc3Cl)CC2)c1. The standard InChI is InChI=1S/C19H22ClN3O2/c1-25-16-6-4-5-15(13-16)21-19(24)14-22-9-11-23(12-10-22)18-8-3-2-7-17(18)20/h2-8,13H,9-12,14H2,1H3,(H,21,24). The molecule has 0 radical (unpaired) electrons. The molecule has 0 atom stereocenters. The molecule has 3 rings (SSSR count). The molecule has 2 aromatic rings.